The van der Waals surface area contributed by atoms with Gasteiger partial charge >= 0.3 is 0 Å². The summed E-state index contributed by atoms with van der Waals surface area (Å²) in [6, 6.07) is 6.45. The first kappa shape index (κ1) is 15.0. The van der Waals surface area contributed by atoms with Gasteiger partial charge in [0.05, 0.1) is 7.11 Å². The van der Waals surface area contributed by atoms with Crippen LogP contribution in [0.2, 0.25) is 0 Å². The second-order valence-corrected chi connectivity index (χ2v) is 5.09. The van der Waals surface area contributed by atoms with Crippen molar-refractivity contribution in [2.45, 2.75) is 52.5 Å². The van der Waals surface area contributed by atoms with Crippen LogP contribution in [0.3, 0.4) is 0 Å². The lowest BCUT2D eigenvalue weighted by molar-refractivity contribution is 0.367. The zero-order valence-electron chi connectivity index (χ0n) is 12.2. The molecule has 102 valence electrons. The number of rotatable bonds is 7. The molecule has 0 fully saturated rings. The van der Waals surface area contributed by atoms with Crippen LogP contribution in [0.1, 0.15) is 56.7 Å². The summed E-state index contributed by atoms with van der Waals surface area (Å²) in [7, 11) is 1.71. The van der Waals surface area contributed by atoms with Crippen molar-refractivity contribution in [3.8, 4) is 5.75 Å². The van der Waals surface area contributed by atoms with Crippen LogP contribution in [0.25, 0.3) is 0 Å². The Morgan fingerprint density at radius 2 is 1.78 bits per heavy atom. The van der Waals surface area contributed by atoms with Gasteiger partial charge in [-0.05, 0) is 42.9 Å². The van der Waals surface area contributed by atoms with E-state index in [0.29, 0.717) is 5.92 Å². The molecule has 0 saturated carbocycles. The van der Waals surface area contributed by atoms with Gasteiger partial charge in [-0.15, -0.1) is 0 Å². The third-order valence-electron chi connectivity index (χ3n) is 3.63. The summed E-state index contributed by atoms with van der Waals surface area (Å²) >= 11 is 0. The minimum atomic E-state index is 0.148. The van der Waals surface area contributed by atoms with Crippen molar-refractivity contribution in [1.29, 1.82) is 0 Å². The average molecular weight is 249 g/mol. The maximum atomic E-state index is 6.43. The summed E-state index contributed by atoms with van der Waals surface area (Å²) in [5, 5.41) is 0. The fraction of sp³-hybridized carbons (Fsp3) is 0.625. The highest BCUT2D eigenvalue weighted by Gasteiger charge is 2.18. The Kier molecular flexibility index (Phi) is 6.20. The first-order valence-electron chi connectivity index (χ1n) is 7.04. The Labute approximate surface area is 112 Å². The van der Waals surface area contributed by atoms with E-state index >= 15 is 0 Å². The van der Waals surface area contributed by atoms with Crippen molar-refractivity contribution < 1.29 is 4.74 Å². The Morgan fingerprint density at radius 1 is 1.17 bits per heavy atom. The van der Waals surface area contributed by atoms with Crippen molar-refractivity contribution in [1.82, 2.24) is 0 Å². The molecular weight excluding hydrogens is 222 g/mol. The molecule has 18 heavy (non-hydrogen) atoms. The second kappa shape index (κ2) is 7.42. The minimum Gasteiger partial charge on any atom is -0.496 e. The fourth-order valence-corrected chi connectivity index (χ4v) is 2.63. The molecule has 0 saturated heterocycles. The lowest BCUT2D eigenvalue weighted by Crippen LogP contribution is -2.21. The summed E-state index contributed by atoms with van der Waals surface area (Å²) in [6.45, 7) is 6.53. The van der Waals surface area contributed by atoms with Gasteiger partial charge in [0.2, 0.25) is 0 Å². The summed E-state index contributed by atoms with van der Waals surface area (Å²) in [5.41, 5.74) is 8.83. The average Bonchev–Trinajstić information content (AvgIpc) is 2.37. The molecule has 2 heteroatoms. The molecule has 1 unspecified atom stereocenters. The van der Waals surface area contributed by atoms with Gasteiger partial charge in [0.15, 0.2) is 0 Å². The Bertz CT molecular complexity index is 356. The topological polar surface area (TPSA) is 35.2 Å². The number of hydrogen-bond donors (Lipinski definition) is 1. The van der Waals surface area contributed by atoms with E-state index in [2.05, 4.69) is 32.9 Å². The molecule has 2 nitrogen and oxygen atoms in total. The van der Waals surface area contributed by atoms with Gasteiger partial charge in [-0.25, -0.2) is 0 Å². The van der Waals surface area contributed by atoms with Crippen molar-refractivity contribution >= 4 is 0 Å². The standard InChI is InChI=1S/C16H27NO/c1-5-7-13(8-6-2)16(17)14-9-10-15(18-4)12(3)11-14/h9-11,13,16H,5-8,17H2,1-4H3. The number of ether oxygens (including phenoxy) is 1. The minimum absolute atomic E-state index is 0.148. The van der Waals surface area contributed by atoms with E-state index in [4.69, 9.17) is 10.5 Å². The molecule has 0 radical (unpaired) electrons. The van der Waals surface area contributed by atoms with Crippen molar-refractivity contribution in [3.63, 3.8) is 0 Å². The first-order valence-corrected chi connectivity index (χ1v) is 7.04. The summed E-state index contributed by atoms with van der Waals surface area (Å²) in [5.74, 6) is 1.53. The zero-order valence-corrected chi connectivity index (χ0v) is 12.2. The normalized spacial score (nSPS) is 12.8. The van der Waals surface area contributed by atoms with E-state index in [9.17, 15) is 0 Å². The van der Waals surface area contributed by atoms with E-state index in [-0.39, 0.29) is 6.04 Å². The van der Waals surface area contributed by atoms with Crippen LogP contribution in [0.4, 0.5) is 0 Å². The highest BCUT2D eigenvalue weighted by molar-refractivity contribution is 5.37. The van der Waals surface area contributed by atoms with Crippen molar-refractivity contribution in [2.75, 3.05) is 7.11 Å². The number of hydrogen-bond acceptors (Lipinski definition) is 2. The molecule has 1 aromatic carbocycles. The van der Waals surface area contributed by atoms with Crippen LogP contribution >= 0.6 is 0 Å². The maximum absolute atomic E-state index is 6.43. The van der Waals surface area contributed by atoms with Crippen molar-refractivity contribution in [3.05, 3.63) is 29.3 Å². The number of benzene rings is 1. The zero-order chi connectivity index (χ0) is 13.5. The molecule has 0 aromatic heterocycles. The molecule has 1 aromatic rings. The lowest BCUT2D eigenvalue weighted by atomic mass is 9.86. The molecule has 0 aliphatic carbocycles. The summed E-state index contributed by atoms with van der Waals surface area (Å²) in [6.07, 6.45) is 4.82. The highest BCUT2D eigenvalue weighted by Crippen LogP contribution is 2.30. The highest BCUT2D eigenvalue weighted by atomic mass is 16.5. The molecular formula is C16H27NO. The first-order chi connectivity index (χ1) is 8.63. The van der Waals surface area contributed by atoms with Crippen LogP contribution in [-0.4, -0.2) is 7.11 Å². The Balaban J connectivity index is 2.86. The quantitative estimate of drug-likeness (QED) is 0.785. The largest absolute Gasteiger partial charge is 0.496 e. The molecule has 0 aliphatic rings. The molecule has 0 heterocycles. The van der Waals surface area contributed by atoms with Gasteiger partial charge in [0.1, 0.15) is 5.75 Å². The predicted octanol–water partition coefficient (Wildman–Crippen LogP) is 4.22. The molecule has 0 aliphatic heterocycles. The lowest BCUT2D eigenvalue weighted by Gasteiger charge is -2.24. The predicted molar refractivity (Wildman–Crippen MR) is 78.0 cm³/mol. The van der Waals surface area contributed by atoms with Gasteiger partial charge < -0.3 is 10.5 Å². The SMILES string of the molecule is CCCC(CCC)C(N)c1ccc(OC)c(C)c1. The summed E-state index contributed by atoms with van der Waals surface area (Å²) < 4.78 is 5.29. The molecule has 0 amide bonds. The van der Waals surface area contributed by atoms with Crippen LogP contribution < -0.4 is 10.5 Å². The third-order valence-corrected chi connectivity index (χ3v) is 3.63. The number of aryl methyl sites for hydroxylation is 1. The maximum Gasteiger partial charge on any atom is 0.121 e. The molecule has 1 atom stereocenters. The van der Waals surface area contributed by atoms with Gasteiger partial charge in [0.25, 0.3) is 0 Å². The van der Waals surface area contributed by atoms with Crippen LogP contribution in [-0.2, 0) is 0 Å². The second-order valence-electron chi connectivity index (χ2n) is 5.09. The van der Waals surface area contributed by atoms with E-state index < -0.39 is 0 Å². The number of nitrogens with two attached hydrogens (primary N) is 1. The van der Waals surface area contributed by atoms with Gasteiger partial charge in [-0.3, -0.25) is 0 Å². The van der Waals surface area contributed by atoms with E-state index in [0.717, 1.165) is 11.3 Å². The van der Waals surface area contributed by atoms with Crippen molar-refractivity contribution in [2.24, 2.45) is 11.7 Å². The molecule has 0 spiro atoms. The number of methoxy groups -OCH3 is 1. The molecule has 2 N–H and O–H groups in total. The van der Waals surface area contributed by atoms with Crippen LogP contribution in [0, 0.1) is 12.8 Å². The third kappa shape index (κ3) is 3.74. The Hall–Kier alpha value is -1.02. The fourth-order valence-electron chi connectivity index (χ4n) is 2.63. The smallest absolute Gasteiger partial charge is 0.121 e. The van der Waals surface area contributed by atoms with Crippen LogP contribution in [0.5, 0.6) is 5.75 Å². The monoisotopic (exact) mass is 249 g/mol. The molecule has 0 bridgehead atoms. The van der Waals surface area contributed by atoms with E-state index in [1.807, 2.05) is 6.07 Å². The van der Waals surface area contributed by atoms with E-state index in [1.165, 1.54) is 31.2 Å². The van der Waals surface area contributed by atoms with E-state index in [1.54, 1.807) is 7.11 Å². The van der Waals surface area contributed by atoms with Gasteiger partial charge in [-0.1, -0.05) is 38.8 Å². The van der Waals surface area contributed by atoms with Gasteiger partial charge in [-0.2, -0.15) is 0 Å². The summed E-state index contributed by atoms with van der Waals surface area (Å²) in [4.78, 5) is 0. The molecule has 1 rings (SSSR count). The Morgan fingerprint density at radius 3 is 2.22 bits per heavy atom. The van der Waals surface area contributed by atoms with Crippen LogP contribution in [0.15, 0.2) is 18.2 Å². The van der Waals surface area contributed by atoms with Gasteiger partial charge in [0, 0.05) is 6.04 Å².